The SMILES string of the molecule is C[Si](C)(C)c1ccc(C2CCOCC2N)cc1. The first-order valence-corrected chi connectivity index (χ1v) is 9.92. The Morgan fingerprint density at radius 2 is 1.82 bits per heavy atom. The van der Waals surface area contributed by atoms with Crippen molar-refractivity contribution in [2.75, 3.05) is 13.2 Å². The first-order valence-electron chi connectivity index (χ1n) is 6.42. The summed E-state index contributed by atoms with van der Waals surface area (Å²) in [4.78, 5) is 0. The lowest BCUT2D eigenvalue weighted by atomic mass is 9.88. The van der Waals surface area contributed by atoms with E-state index in [2.05, 4.69) is 43.9 Å². The highest BCUT2D eigenvalue weighted by molar-refractivity contribution is 6.88. The Bertz CT molecular complexity index is 369. The normalized spacial score (nSPS) is 25.9. The minimum atomic E-state index is -1.18. The highest BCUT2D eigenvalue weighted by Gasteiger charge is 2.24. The molecule has 0 saturated carbocycles. The van der Waals surface area contributed by atoms with E-state index in [0.29, 0.717) is 12.5 Å². The number of hydrogen-bond acceptors (Lipinski definition) is 2. The summed E-state index contributed by atoms with van der Waals surface area (Å²) in [6, 6.07) is 9.28. The van der Waals surface area contributed by atoms with Gasteiger partial charge in [0.15, 0.2) is 0 Å². The monoisotopic (exact) mass is 249 g/mol. The molecule has 94 valence electrons. The van der Waals surface area contributed by atoms with E-state index < -0.39 is 8.07 Å². The summed E-state index contributed by atoms with van der Waals surface area (Å²) in [5.74, 6) is 0.472. The zero-order valence-electron chi connectivity index (χ0n) is 11.1. The van der Waals surface area contributed by atoms with Crippen molar-refractivity contribution in [2.24, 2.45) is 5.73 Å². The summed E-state index contributed by atoms with van der Waals surface area (Å²) in [6.07, 6.45) is 1.05. The molecule has 1 aromatic carbocycles. The number of nitrogens with two attached hydrogens (primary N) is 1. The van der Waals surface area contributed by atoms with Crippen molar-refractivity contribution >= 4 is 13.3 Å². The van der Waals surface area contributed by atoms with Gasteiger partial charge in [0.05, 0.1) is 14.7 Å². The third-order valence-corrected chi connectivity index (χ3v) is 5.67. The van der Waals surface area contributed by atoms with E-state index in [1.807, 2.05) is 0 Å². The van der Waals surface area contributed by atoms with Crippen LogP contribution in [-0.4, -0.2) is 27.3 Å². The maximum absolute atomic E-state index is 6.12. The fourth-order valence-electron chi connectivity index (χ4n) is 2.40. The second-order valence-electron chi connectivity index (χ2n) is 6.01. The Labute approximate surface area is 105 Å². The fraction of sp³-hybridized carbons (Fsp3) is 0.571. The molecule has 1 saturated heterocycles. The van der Waals surface area contributed by atoms with Gasteiger partial charge >= 0.3 is 0 Å². The molecule has 1 aliphatic heterocycles. The van der Waals surface area contributed by atoms with Crippen LogP contribution in [0.1, 0.15) is 17.9 Å². The minimum absolute atomic E-state index is 0.154. The zero-order chi connectivity index (χ0) is 12.5. The number of benzene rings is 1. The summed E-state index contributed by atoms with van der Waals surface area (Å²) >= 11 is 0. The molecule has 3 heteroatoms. The predicted octanol–water partition coefficient (Wildman–Crippen LogP) is 2.06. The van der Waals surface area contributed by atoms with Gasteiger partial charge in [-0.2, -0.15) is 0 Å². The third-order valence-electron chi connectivity index (χ3n) is 3.61. The molecule has 0 aromatic heterocycles. The number of rotatable bonds is 2. The Kier molecular flexibility index (Phi) is 3.71. The molecule has 0 aliphatic carbocycles. The summed E-state index contributed by atoms with van der Waals surface area (Å²) in [6.45, 7) is 8.67. The van der Waals surface area contributed by atoms with Crippen molar-refractivity contribution < 1.29 is 4.74 Å². The Morgan fingerprint density at radius 3 is 2.35 bits per heavy atom. The van der Waals surface area contributed by atoms with E-state index in [4.69, 9.17) is 10.5 Å². The predicted molar refractivity (Wildman–Crippen MR) is 75.6 cm³/mol. The second kappa shape index (κ2) is 4.92. The standard InChI is InChI=1S/C14H23NOSi/c1-17(2,3)12-6-4-11(5-7-12)13-8-9-16-10-14(13)15/h4-7,13-14H,8-10,15H2,1-3H3. The summed E-state index contributed by atoms with van der Waals surface area (Å²) in [7, 11) is -1.18. The fourth-order valence-corrected chi connectivity index (χ4v) is 3.57. The molecule has 1 aliphatic rings. The molecule has 1 fully saturated rings. The molecule has 2 N–H and O–H groups in total. The molecule has 2 unspecified atom stereocenters. The van der Waals surface area contributed by atoms with E-state index in [-0.39, 0.29) is 6.04 Å². The molecule has 0 bridgehead atoms. The zero-order valence-corrected chi connectivity index (χ0v) is 12.1. The average molecular weight is 249 g/mol. The molecule has 1 heterocycles. The van der Waals surface area contributed by atoms with Crippen LogP contribution in [0, 0.1) is 0 Å². The van der Waals surface area contributed by atoms with Crippen molar-refractivity contribution in [3.8, 4) is 0 Å². The summed E-state index contributed by atoms with van der Waals surface area (Å²) in [5.41, 5.74) is 7.50. The lowest BCUT2D eigenvalue weighted by molar-refractivity contribution is 0.0696. The highest BCUT2D eigenvalue weighted by atomic mass is 28.3. The van der Waals surface area contributed by atoms with Crippen LogP contribution < -0.4 is 10.9 Å². The van der Waals surface area contributed by atoms with Gasteiger partial charge < -0.3 is 10.5 Å². The van der Waals surface area contributed by atoms with Crippen molar-refractivity contribution in [3.05, 3.63) is 29.8 Å². The van der Waals surface area contributed by atoms with Crippen molar-refractivity contribution in [3.63, 3.8) is 0 Å². The van der Waals surface area contributed by atoms with Gasteiger partial charge in [-0.3, -0.25) is 0 Å². The molecule has 17 heavy (non-hydrogen) atoms. The maximum atomic E-state index is 6.12. The van der Waals surface area contributed by atoms with Crippen molar-refractivity contribution in [2.45, 2.75) is 38.0 Å². The van der Waals surface area contributed by atoms with Crippen LogP contribution in [0.15, 0.2) is 24.3 Å². The Morgan fingerprint density at radius 1 is 1.18 bits per heavy atom. The summed E-state index contributed by atoms with van der Waals surface area (Å²) in [5, 5.41) is 1.52. The van der Waals surface area contributed by atoms with E-state index in [1.165, 1.54) is 10.8 Å². The van der Waals surface area contributed by atoms with Crippen LogP contribution >= 0.6 is 0 Å². The van der Waals surface area contributed by atoms with Gasteiger partial charge in [0.25, 0.3) is 0 Å². The van der Waals surface area contributed by atoms with Crippen LogP contribution in [0.2, 0.25) is 19.6 Å². The quantitative estimate of drug-likeness (QED) is 0.814. The van der Waals surface area contributed by atoms with Gasteiger partial charge in [0, 0.05) is 18.6 Å². The molecule has 0 spiro atoms. The Balaban J connectivity index is 2.17. The largest absolute Gasteiger partial charge is 0.380 e. The van der Waals surface area contributed by atoms with Gasteiger partial charge in [-0.15, -0.1) is 0 Å². The van der Waals surface area contributed by atoms with Crippen molar-refractivity contribution in [1.82, 2.24) is 0 Å². The van der Waals surface area contributed by atoms with E-state index in [9.17, 15) is 0 Å². The smallest absolute Gasteiger partial charge is 0.0775 e. The van der Waals surface area contributed by atoms with Gasteiger partial charge in [-0.25, -0.2) is 0 Å². The molecule has 2 rings (SSSR count). The lowest BCUT2D eigenvalue weighted by Crippen LogP contribution is -2.39. The summed E-state index contributed by atoms with van der Waals surface area (Å²) < 4.78 is 5.39. The van der Waals surface area contributed by atoms with Crippen molar-refractivity contribution in [1.29, 1.82) is 0 Å². The van der Waals surface area contributed by atoms with Crippen LogP contribution in [-0.2, 0) is 4.74 Å². The lowest BCUT2D eigenvalue weighted by Gasteiger charge is -2.29. The van der Waals surface area contributed by atoms with Gasteiger partial charge in [-0.1, -0.05) is 49.1 Å². The van der Waals surface area contributed by atoms with Crippen LogP contribution in [0.5, 0.6) is 0 Å². The van der Waals surface area contributed by atoms with Gasteiger partial charge in [0.1, 0.15) is 0 Å². The topological polar surface area (TPSA) is 35.2 Å². The molecule has 0 amide bonds. The highest BCUT2D eigenvalue weighted by Crippen LogP contribution is 2.25. The molecule has 1 aromatic rings. The van der Waals surface area contributed by atoms with Crippen LogP contribution in [0.4, 0.5) is 0 Å². The van der Waals surface area contributed by atoms with Crippen LogP contribution in [0.25, 0.3) is 0 Å². The molecule has 2 nitrogen and oxygen atoms in total. The molecule has 0 radical (unpaired) electrons. The maximum Gasteiger partial charge on any atom is 0.0775 e. The average Bonchev–Trinajstić information content (AvgIpc) is 2.29. The second-order valence-corrected chi connectivity index (χ2v) is 11.1. The van der Waals surface area contributed by atoms with Gasteiger partial charge in [-0.05, 0) is 12.0 Å². The van der Waals surface area contributed by atoms with Crippen LogP contribution in [0.3, 0.4) is 0 Å². The number of hydrogen-bond donors (Lipinski definition) is 1. The molecular weight excluding hydrogens is 226 g/mol. The molecular formula is C14H23NOSi. The first-order chi connectivity index (χ1) is 7.98. The third kappa shape index (κ3) is 2.97. The number of ether oxygens (including phenoxy) is 1. The van der Waals surface area contributed by atoms with E-state index >= 15 is 0 Å². The molecule has 2 atom stereocenters. The minimum Gasteiger partial charge on any atom is -0.380 e. The Hall–Kier alpha value is -0.643. The first kappa shape index (κ1) is 12.8. The van der Waals surface area contributed by atoms with Gasteiger partial charge in [0.2, 0.25) is 0 Å². The van der Waals surface area contributed by atoms with E-state index in [1.54, 1.807) is 0 Å². The van der Waals surface area contributed by atoms with E-state index in [0.717, 1.165) is 13.0 Å².